The quantitative estimate of drug-likeness (QED) is 0.203. The van der Waals surface area contributed by atoms with Gasteiger partial charge < -0.3 is 18.9 Å². The van der Waals surface area contributed by atoms with Crippen LogP contribution in [0.1, 0.15) is 61.7 Å². The van der Waals surface area contributed by atoms with Crippen molar-refractivity contribution in [3.8, 4) is 17.2 Å². The first-order chi connectivity index (χ1) is 20.7. The number of carbonyl (C=O) groups is 2. The Morgan fingerprint density at radius 2 is 1.58 bits per heavy atom. The number of benzene rings is 3. The van der Waals surface area contributed by atoms with E-state index in [1.165, 1.54) is 25.1 Å². The van der Waals surface area contributed by atoms with Crippen molar-refractivity contribution in [1.29, 1.82) is 0 Å². The van der Waals surface area contributed by atoms with E-state index in [0.29, 0.717) is 22.6 Å². The van der Waals surface area contributed by atoms with Crippen LogP contribution in [0.4, 0.5) is 5.69 Å². The van der Waals surface area contributed by atoms with Crippen LogP contribution in [-0.4, -0.2) is 54.0 Å². The second-order valence-electron chi connectivity index (χ2n) is 11.8. The van der Waals surface area contributed by atoms with E-state index in [1.54, 1.807) is 50.2 Å². The molecule has 0 spiro atoms. The van der Waals surface area contributed by atoms with E-state index >= 15 is 0 Å². The van der Waals surface area contributed by atoms with Crippen molar-refractivity contribution in [2.75, 3.05) is 23.8 Å². The number of carbonyl (C=O) groups excluding carboxylic acids is 2. The molecular formula is C32H39NO10S2. The molecule has 11 nitrogen and oxygen atoms in total. The molecule has 13 heteroatoms. The number of hydrogen-bond donors (Lipinski definition) is 1. The van der Waals surface area contributed by atoms with Crippen molar-refractivity contribution in [2.45, 2.75) is 64.6 Å². The standard InChI is InChI=1S/C32H39NO10S2/c1-20-15-23(9-10-24(20)19-40-30-14-12-26(44(7,36)37)17-28(30)33-45(8,38)39)31(35)41-18-21(2)42-25-11-13-29(43-22(3)34)27(16-25)32(4,5)6/h9-17,21,33H,18-19H2,1-8H3. The predicted molar refractivity (Wildman–Crippen MR) is 170 cm³/mol. The van der Waals surface area contributed by atoms with Crippen LogP contribution in [0.3, 0.4) is 0 Å². The molecule has 0 saturated heterocycles. The highest BCUT2D eigenvalue weighted by Gasteiger charge is 2.22. The molecule has 3 rings (SSSR count). The zero-order valence-corrected chi connectivity index (χ0v) is 28.2. The van der Waals surface area contributed by atoms with Gasteiger partial charge in [-0.1, -0.05) is 26.8 Å². The van der Waals surface area contributed by atoms with Gasteiger partial charge in [0.25, 0.3) is 0 Å². The minimum atomic E-state index is -3.71. The molecule has 1 unspecified atom stereocenters. The van der Waals surface area contributed by atoms with Gasteiger partial charge in [0.1, 0.15) is 36.6 Å². The lowest BCUT2D eigenvalue weighted by atomic mass is 9.86. The molecule has 3 aromatic carbocycles. The van der Waals surface area contributed by atoms with Crippen molar-refractivity contribution < 1.29 is 45.4 Å². The minimum absolute atomic E-state index is 0.00965. The molecule has 0 aliphatic heterocycles. The molecule has 1 N–H and O–H groups in total. The fourth-order valence-corrected chi connectivity index (χ4v) is 5.45. The van der Waals surface area contributed by atoms with Gasteiger partial charge in [0.05, 0.1) is 22.4 Å². The maximum absolute atomic E-state index is 12.8. The first kappa shape index (κ1) is 35.4. The lowest BCUT2D eigenvalue weighted by Gasteiger charge is -2.24. The Morgan fingerprint density at radius 1 is 0.911 bits per heavy atom. The summed E-state index contributed by atoms with van der Waals surface area (Å²) in [7, 11) is -7.29. The predicted octanol–water partition coefficient (Wildman–Crippen LogP) is 5.20. The largest absolute Gasteiger partial charge is 0.487 e. The summed E-state index contributed by atoms with van der Waals surface area (Å²) in [5.41, 5.74) is 2.24. The molecule has 1 atom stereocenters. The van der Waals surface area contributed by atoms with Gasteiger partial charge in [0.15, 0.2) is 9.84 Å². The van der Waals surface area contributed by atoms with Crippen LogP contribution >= 0.6 is 0 Å². The molecule has 45 heavy (non-hydrogen) atoms. The van der Waals surface area contributed by atoms with Crippen molar-refractivity contribution in [3.63, 3.8) is 0 Å². The van der Waals surface area contributed by atoms with Gasteiger partial charge in [-0.25, -0.2) is 21.6 Å². The summed E-state index contributed by atoms with van der Waals surface area (Å²) in [5.74, 6) is 0.183. The highest BCUT2D eigenvalue weighted by Crippen LogP contribution is 2.35. The second kappa shape index (κ2) is 13.9. The molecular weight excluding hydrogens is 622 g/mol. The number of sulfonamides is 1. The second-order valence-corrected chi connectivity index (χ2v) is 15.5. The lowest BCUT2D eigenvalue weighted by Crippen LogP contribution is -2.22. The maximum atomic E-state index is 12.8. The molecule has 0 aromatic heterocycles. The summed E-state index contributed by atoms with van der Waals surface area (Å²) in [5, 5.41) is 0. The maximum Gasteiger partial charge on any atom is 0.338 e. The number of ether oxygens (including phenoxy) is 4. The van der Waals surface area contributed by atoms with E-state index in [0.717, 1.165) is 23.6 Å². The Hall–Kier alpha value is -4.10. The van der Waals surface area contributed by atoms with Gasteiger partial charge in [-0.3, -0.25) is 9.52 Å². The van der Waals surface area contributed by atoms with E-state index < -0.39 is 37.9 Å². The fourth-order valence-electron chi connectivity index (χ4n) is 4.24. The van der Waals surface area contributed by atoms with Crippen LogP contribution in [0.2, 0.25) is 0 Å². The Morgan fingerprint density at radius 3 is 2.16 bits per heavy atom. The monoisotopic (exact) mass is 661 g/mol. The molecule has 0 fully saturated rings. The highest BCUT2D eigenvalue weighted by molar-refractivity contribution is 7.92. The smallest absolute Gasteiger partial charge is 0.338 e. The van der Waals surface area contributed by atoms with Crippen molar-refractivity contribution in [1.82, 2.24) is 0 Å². The van der Waals surface area contributed by atoms with Gasteiger partial charge >= 0.3 is 11.9 Å². The van der Waals surface area contributed by atoms with Crippen LogP contribution < -0.4 is 18.9 Å². The van der Waals surface area contributed by atoms with E-state index in [1.807, 2.05) is 20.8 Å². The summed E-state index contributed by atoms with van der Waals surface area (Å²) < 4.78 is 72.5. The van der Waals surface area contributed by atoms with Gasteiger partial charge in [0, 0.05) is 18.7 Å². The molecule has 0 aliphatic carbocycles. The average Bonchev–Trinajstić information content (AvgIpc) is 2.90. The molecule has 0 aliphatic rings. The highest BCUT2D eigenvalue weighted by atomic mass is 32.2. The van der Waals surface area contributed by atoms with E-state index in [-0.39, 0.29) is 35.0 Å². The molecule has 0 radical (unpaired) electrons. The SMILES string of the molecule is CC(=O)Oc1ccc(OC(C)COC(=O)c2ccc(COc3ccc(S(C)(=O)=O)cc3NS(C)(=O)=O)c(C)c2)cc1C(C)(C)C. The molecule has 0 saturated carbocycles. The topological polar surface area (TPSA) is 151 Å². The lowest BCUT2D eigenvalue weighted by molar-refractivity contribution is -0.131. The van der Waals surface area contributed by atoms with Gasteiger partial charge in [-0.15, -0.1) is 0 Å². The van der Waals surface area contributed by atoms with Gasteiger partial charge in [-0.05, 0) is 78.9 Å². The normalized spacial score (nSPS) is 12.6. The third-order valence-electron chi connectivity index (χ3n) is 6.44. The number of esters is 2. The Labute approximate surface area is 264 Å². The van der Waals surface area contributed by atoms with E-state index in [9.17, 15) is 26.4 Å². The third-order valence-corrected chi connectivity index (χ3v) is 8.14. The summed E-state index contributed by atoms with van der Waals surface area (Å²) in [6, 6.07) is 14.0. The number of sulfone groups is 1. The molecule has 244 valence electrons. The first-order valence-electron chi connectivity index (χ1n) is 13.9. The van der Waals surface area contributed by atoms with Crippen LogP contribution in [0.25, 0.3) is 0 Å². The summed E-state index contributed by atoms with van der Waals surface area (Å²) in [4.78, 5) is 24.2. The van der Waals surface area contributed by atoms with Crippen molar-refractivity contribution >= 4 is 37.5 Å². The Kier molecular flexibility index (Phi) is 10.9. The van der Waals surface area contributed by atoms with Crippen LogP contribution in [0.5, 0.6) is 17.2 Å². The minimum Gasteiger partial charge on any atom is -0.487 e. The van der Waals surface area contributed by atoms with Crippen molar-refractivity contribution in [2.24, 2.45) is 0 Å². The molecule has 3 aromatic rings. The molecule has 0 amide bonds. The Bertz CT molecular complexity index is 1790. The summed E-state index contributed by atoms with van der Waals surface area (Å²) in [6.45, 7) is 10.9. The third kappa shape index (κ3) is 10.5. The number of rotatable bonds is 12. The number of nitrogens with one attached hydrogen (secondary N) is 1. The zero-order chi connectivity index (χ0) is 33.7. The van der Waals surface area contributed by atoms with Crippen LogP contribution in [0, 0.1) is 6.92 Å². The first-order valence-corrected chi connectivity index (χ1v) is 17.7. The van der Waals surface area contributed by atoms with Gasteiger partial charge in [0.2, 0.25) is 10.0 Å². The van der Waals surface area contributed by atoms with Crippen molar-refractivity contribution in [3.05, 3.63) is 76.9 Å². The number of aryl methyl sites for hydroxylation is 1. The van der Waals surface area contributed by atoms with Crippen LogP contribution in [-0.2, 0) is 41.4 Å². The average molecular weight is 662 g/mol. The fraction of sp³-hybridized carbons (Fsp3) is 0.375. The number of anilines is 1. The van der Waals surface area contributed by atoms with Gasteiger partial charge in [-0.2, -0.15) is 0 Å². The molecule has 0 bridgehead atoms. The summed E-state index contributed by atoms with van der Waals surface area (Å²) >= 11 is 0. The summed E-state index contributed by atoms with van der Waals surface area (Å²) in [6.07, 6.45) is 1.50. The van der Waals surface area contributed by atoms with E-state index in [4.69, 9.17) is 18.9 Å². The van der Waals surface area contributed by atoms with E-state index in [2.05, 4.69) is 4.72 Å². The Balaban J connectivity index is 1.65. The molecule has 0 heterocycles. The zero-order valence-electron chi connectivity index (χ0n) is 26.6. The number of hydrogen-bond acceptors (Lipinski definition) is 10. The van der Waals surface area contributed by atoms with Crippen LogP contribution in [0.15, 0.2) is 59.5 Å².